The van der Waals surface area contributed by atoms with Crippen molar-refractivity contribution in [1.29, 1.82) is 0 Å². The van der Waals surface area contributed by atoms with Crippen LogP contribution in [0.4, 0.5) is 0 Å². The Morgan fingerprint density at radius 1 is 0.679 bits per heavy atom. The number of fused-ring (bicyclic) bond motifs is 5. The van der Waals surface area contributed by atoms with Crippen LogP contribution in [-0.2, 0) is 45.8 Å². The first-order chi connectivity index (χ1) is 25.3. The molecule has 3 heterocycles. The van der Waals surface area contributed by atoms with E-state index in [1.807, 2.05) is 17.5 Å². The molecule has 5 heteroatoms. The number of nitrogens with zero attached hydrogens (tertiary/aromatic N) is 2. The van der Waals surface area contributed by atoms with E-state index in [0.717, 1.165) is 17.8 Å². The number of pyridine rings is 2. The van der Waals surface area contributed by atoms with Crippen LogP contribution in [0.15, 0.2) is 97.3 Å². The van der Waals surface area contributed by atoms with Gasteiger partial charge in [0.25, 0.3) is 0 Å². The molecule has 0 atom stereocenters. The number of thiophene rings is 1. The van der Waals surface area contributed by atoms with Crippen LogP contribution in [0.5, 0.6) is 0 Å². The summed E-state index contributed by atoms with van der Waals surface area (Å²) < 4.78 is 2.63. The van der Waals surface area contributed by atoms with Crippen LogP contribution in [0, 0.1) is 12.1 Å². The Labute approximate surface area is 334 Å². The quantitative estimate of drug-likeness (QED) is 0.127. The fourth-order valence-electron chi connectivity index (χ4n) is 8.26. The van der Waals surface area contributed by atoms with E-state index in [1.165, 1.54) is 120 Å². The first-order valence-corrected chi connectivity index (χ1v) is 23.5. The molecule has 0 fully saturated rings. The monoisotopic (exact) mass is 905 g/mol. The minimum atomic E-state index is -1.37. The number of hydrogen-bond acceptors (Lipinski definition) is 3. The third-order valence-electron chi connectivity index (χ3n) is 11.0. The smallest absolute Gasteiger partial charge is 0.0799 e. The summed E-state index contributed by atoms with van der Waals surface area (Å²) in [4.78, 5) is 9.69. The normalized spacial score (nSPS) is 13.9. The largest absolute Gasteiger partial charge is 0.305 e. The molecular weight excluding hydrogens is 857 g/mol. The van der Waals surface area contributed by atoms with Gasteiger partial charge in [0.1, 0.15) is 0 Å². The Kier molecular flexibility index (Phi) is 11.3. The van der Waals surface area contributed by atoms with Crippen LogP contribution in [0.25, 0.3) is 53.8 Å². The number of aromatic nitrogens is 2. The zero-order chi connectivity index (χ0) is 35.8. The second kappa shape index (κ2) is 15.9. The Morgan fingerprint density at radius 3 is 2.13 bits per heavy atom. The van der Waals surface area contributed by atoms with Gasteiger partial charge in [-0.05, 0) is 87.9 Å². The molecule has 2 nitrogen and oxygen atoms in total. The van der Waals surface area contributed by atoms with Crippen molar-refractivity contribution in [1.82, 2.24) is 9.97 Å². The van der Waals surface area contributed by atoms with Gasteiger partial charge in [-0.1, -0.05) is 123 Å². The van der Waals surface area contributed by atoms with Gasteiger partial charge < -0.3 is 9.97 Å². The average Bonchev–Trinajstić information content (AvgIpc) is 3.56. The van der Waals surface area contributed by atoms with Gasteiger partial charge in [-0.3, -0.25) is 0 Å². The standard InChI is InChI=1S/C27H20NS.C21H28NSi.Ir/c1-2-7-18(8-3-1)20-13-14-22-23-11-6-12-24(27(23)29-25(22)17-20)26-21-10-5-4-9-19(21)15-16-28-26;1-15(2)19-13-20(22-14-21(19)23(3,4)5)18-12-8-10-16-9-6-7-11-17(16)18;/h1-3,6-8,11,13-17H,4-5,9-10H2;8,10,13-15H,6-7,9,11H2,1-5H3;/q2*-1;. The zero-order valence-electron chi connectivity index (χ0n) is 31.6. The third kappa shape index (κ3) is 7.64. The van der Waals surface area contributed by atoms with Crippen molar-refractivity contribution >= 4 is 44.8 Å². The maximum absolute atomic E-state index is 4.87. The van der Waals surface area contributed by atoms with Crippen molar-refractivity contribution in [3.05, 3.63) is 137 Å². The predicted octanol–water partition coefficient (Wildman–Crippen LogP) is 12.6. The van der Waals surface area contributed by atoms with Crippen LogP contribution < -0.4 is 5.19 Å². The SMILES string of the molecule is CC(C)c1cc(-c2[c-]ccc3c2CCCC3)ncc1[Si](C)(C)C.[Ir].[c-]1ccc2c(sc3cc(-c4ccccc4)ccc32)c1-c1nccc2c1CCCC2. The van der Waals surface area contributed by atoms with E-state index in [0.29, 0.717) is 5.92 Å². The molecule has 3 aromatic heterocycles. The van der Waals surface area contributed by atoms with Gasteiger partial charge in [-0.2, -0.15) is 11.3 Å². The van der Waals surface area contributed by atoms with Gasteiger partial charge in [-0.25, -0.2) is 0 Å². The van der Waals surface area contributed by atoms with Gasteiger partial charge in [-0.15, -0.1) is 58.7 Å². The van der Waals surface area contributed by atoms with E-state index in [1.54, 1.807) is 0 Å². The van der Waals surface area contributed by atoms with Crippen molar-refractivity contribution in [2.45, 2.75) is 90.8 Å². The minimum Gasteiger partial charge on any atom is -0.305 e. The van der Waals surface area contributed by atoms with E-state index in [2.05, 4.69) is 137 Å². The Hall–Kier alpha value is -3.73. The summed E-state index contributed by atoms with van der Waals surface area (Å²) in [7, 11) is -1.37. The fourth-order valence-corrected chi connectivity index (χ4v) is 11.2. The van der Waals surface area contributed by atoms with Crippen LogP contribution in [0.2, 0.25) is 19.6 Å². The second-order valence-electron chi connectivity index (χ2n) is 15.9. The van der Waals surface area contributed by atoms with Crippen LogP contribution >= 0.6 is 11.3 Å². The van der Waals surface area contributed by atoms with Crippen molar-refractivity contribution in [2.24, 2.45) is 0 Å². The summed E-state index contributed by atoms with van der Waals surface area (Å²) in [6, 6.07) is 37.6. The van der Waals surface area contributed by atoms with E-state index in [-0.39, 0.29) is 20.1 Å². The summed E-state index contributed by atoms with van der Waals surface area (Å²) in [5, 5.41) is 4.14. The predicted molar refractivity (Wildman–Crippen MR) is 226 cm³/mol. The van der Waals surface area contributed by atoms with Gasteiger partial charge in [0.15, 0.2) is 0 Å². The molecule has 2 aliphatic rings. The van der Waals surface area contributed by atoms with Crippen LogP contribution in [0.3, 0.4) is 0 Å². The Morgan fingerprint density at radius 2 is 1.38 bits per heavy atom. The van der Waals surface area contributed by atoms with Crippen molar-refractivity contribution in [2.75, 3.05) is 0 Å². The van der Waals surface area contributed by atoms with Crippen LogP contribution in [0.1, 0.15) is 73.3 Å². The van der Waals surface area contributed by atoms with Gasteiger partial charge in [0, 0.05) is 37.2 Å². The molecule has 2 aliphatic carbocycles. The summed E-state index contributed by atoms with van der Waals surface area (Å²) >= 11 is 1.87. The number of benzene rings is 4. The van der Waals surface area contributed by atoms with Crippen molar-refractivity contribution < 1.29 is 20.1 Å². The van der Waals surface area contributed by atoms with E-state index < -0.39 is 8.07 Å². The summed E-state index contributed by atoms with van der Waals surface area (Å²) in [5.41, 5.74) is 14.6. The number of aryl methyl sites for hydroxylation is 2. The number of rotatable bonds is 5. The third-order valence-corrected chi connectivity index (χ3v) is 14.2. The van der Waals surface area contributed by atoms with E-state index >= 15 is 0 Å². The summed E-state index contributed by atoms with van der Waals surface area (Å²) in [6.07, 6.45) is 14.0. The van der Waals surface area contributed by atoms with Crippen molar-refractivity contribution in [3.63, 3.8) is 0 Å². The van der Waals surface area contributed by atoms with Gasteiger partial charge in [0.2, 0.25) is 0 Å². The molecule has 7 aromatic rings. The molecule has 0 saturated carbocycles. The molecule has 271 valence electrons. The minimum absolute atomic E-state index is 0. The van der Waals surface area contributed by atoms with E-state index in [4.69, 9.17) is 9.97 Å². The Balaban J connectivity index is 0.000000166. The average molecular weight is 905 g/mol. The molecule has 0 bridgehead atoms. The van der Waals surface area contributed by atoms with E-state index in [9.17, 15) is 0 Å². The molecule has 0 unspecified atom stereocenters. The number of hydrogen-bond donors (Lipinski definition) is 0. The Bertz CT molecular complexity index is 2390. The van der Waals surface area contributed by atoms with Gasteiger partial charge in [0.05, 0.1) is 8.07 Å². The molecular formula is C48H48IrN2SSi-2. The molecule has 0 spiro atoms. The first kappa shape index (κ1) is 37.6. The van der Waals surface area contributed by atoms with Crippen molar-refractivity contribution in [3.8, 4) is 33.6 Å². The maximum atomic E-state index is 4.87. The summed E-state index contributed by atoms with van der Waals surface area (Å²) in [5.74, 6) is 0.540. The summed E-state index contributed by atoms with van der Waals surface area (Å²) in [6.45, 7) is 11.8. The molecule has 1 radical (unpaired) electrons. The molecule has 0 N–H and O–H groups in total. The molecule has 0 amide bonds. The molecule has 0 saturated heterocycles. The molecule has 9 rings (SSSR count). The second-order valence-corrected chi connectivity index (χ2v) is 22.0. The first-order valence-electron chi connectivity index (χ1n) is 19.2. The molecule has 0 aliphatic heterocycles. The topological polar surface area (TPSA) is 25.8 Å². The zero-order valence-corrected chi connectivity index (χ0v) is 35.8. The van der Waals surface area contributed by atoms with Crippen LogP contribution in [-0.4, -0.2) is 18.0 Å². The van der Waals surface area contributed by atoms with Gasteiger partial charge >= 0.3 is 0 Å². The molecule has 4 aromatic carbocycles. The fraction of sp³-hybridized carbons (Fsp3) is 0.292. The molecule has 53 heavy (non-hydrogen) atoms. The maximum Gasteiger partial charge on any atom is 0.0799 e.